The molecule has 0 amide bonds. The highest BCUT2D eigenvalue weighted by Crippen LogP contribution is 2.07. The lowest BCUT2D eigenvalue weighted by Crippen LogP contribution is -2.05. The molecule has 1 rings (SSSR count). The van der Waals surface area contributed by atoms with Crippen molar-refractivity contribution in [3.8, 4) is 0 Å². The number of Topliss-reactive ketones (excluding diaryl/α,β-unsaturated/α-hetero) is 1. The molecule has 3 nitrogen and oxygen atoms in total. The van der Waals surface area contributed by atoms with E-state index in [4.69, 9.17) is 0 Å². The van der Waals surface area contributed by atoms with E-state index in [-0.39, 0.29) is 5.78 Å². The number of ketones is 1. The second-order valence-corrected chi connectivity index (χ2v) is 3.52. The van der Waals surface area contributed by atoms with E-state index in [2.05, 4.69) is 23.5 Å². The lowest BCUT2D eigenvalue weighted by molar-refractivity contribution is 0.101. The second-order valence-electron chi connectivity index (χ2n) is 3.52. The van der Waals surface area contributed by atoms with Gasteiger partial charge >= 0.3 is 0 Å². The van der Waals surface area contributed by atoms with Gasteiger partial charge in [-0.2, -0.15) is 0 Å². The van der Waals surface area contributed by atoms with Crippen molar-refractivity contribution in [3.05, 3.63) is 60.9 Å². The number of rotatable bonds is 6. The Labute approximate surface area is 102 Å². The van der Waals surface area contributed by atoms with Crippen LogP contribution >= 0.6 is 0 Å². The minimum absolute atomic E-state index is 0.0161. The van der Waals surface area contributed by atoms with Gasteiger partial charge < -0.3 is 5.32 Å². The average Bonchev–Trinajstić information content (AvgIpc) is 2.35. The molecule has 0 aliphatic rings. The van der Waals surface area contributed by atoms with Crippen LogP contribution in [0.15, 0.2) is 55.3 Å². The van der Waals surface area contributed by atoms with Crippen LogP contribution in [0.1, 0.15) is 17.3 Å². The number of carbonyl (C=O) groups excluding carboxylic acids is 1. The molecule has 0 aromatic carbocycles. The van der Waals surface area contributed by atoms with Gasteiger partial charge in [0.15, 0.2) is 5.78 Å². The summed E-state index contributed by atoms with van der Waals surface area (Å²) in [6.45, 7) is 9.48. The molecular weight excluding hydrogens is 212 g/mol. The Bertz CT molecular complexity index is 444. The molecule has 0 spiro atoms. The normalized spacial score (nSPS) is 10.8. The van der Waals surface area contributed by atoms with Gasteiger partial charge in [-0.1, -0.05) is 31.4 Å². The van der Waals surface area contributed by atoms with Crippen LogP contribution in [-0.4, -0.2) is 17.3 Å². The summed E-state index contributed by atoms with van der Waals surface area (Å²) in [6.07, 6.45) is 6.92. The van der Waals surface area contributed by atoms with Gasteiger partial charge in [-0.15, -0.1) is 0 Å². The van der Waals surface area contributed by atoms with Crippen molar-refractivity contribution in [2.75, 3.05) is 11.9 Å². The topological polar surface area (TPSA) is 42.0 Å². The Morgan fingerprint density at radius 3 is 2.71 bits per heavy atom. The van der Waals surface area contributed by atoms with Crippen LogP contribution in [0.25, 0.3) is 0 Å². The van der Waals surface area contributed by atoms with Crippen molar-refractivity contribution in [2.45, 2.75) is 6.92 Å². The Hall–Kier alpha value is -2.16. The summed E-state index contributed by atoms with van der Waals surface area (Å²) >= 11 is 0. The zero-order valence-electron chi connectivity index (χ0n) is 9.94. The molecule has 0 atom stereocenters. The van der Waals surface area contributed by atoms with Gasteiger partial charge in [-0.25, -0.2) is 4.98 Å². The van der Waals surface area contributed by atoms with E-state index in [0.717, 1.165) is 11.4 Å². The van der Waals surface area contributed by atoms with Crippen molar-refractivity contribution in [3.63, 3.8) is 0 Å². The van der Waals surface area contributed by atoms with Gasteiger partial charge in [0, 0.05) is 18.3 Å². The minimum atomic E-state index is 0.0161. The predicted octanol–water partition coefficient (Wildman–Crippen LogP) is 2.99. The first-order chi connectivity index (χ1) is 8.17. The molecule has 0 bridgehead atoms. The van der Waals surface area contributed by atoms with Crippen LogP contribution in [0, 0.1) is 0 Å². The molecule has 0 fully saturated rings. The highest BCUT2D eigenvalue weighted by atomic mass is 16.1. The van der Waals surface area contributed by atoms with Crippen LogP contribution in [0.2, 0.25) is 0 Å². The van der Waals surface area contributed by atoms with Crippen molar-refractivity contribution in [1.82, 2.24) is 4.98 Å². The molecule has 1 N–H and O–H groups in total. The maximum absolute atomic E-state index is 11.1. The van der Waals surface area contributed by atoms with Gasteiger partial charge in [0.1, 0.15) is 5.82 Å². The molecule has 1 heterocycles. The third-order valence-corrected chi connectivity index (χ3v) is 2.24. The van der Waals surface area contributed by atoms with Gasteiger partial charge in [-0.3, -0.25) is 4.79 Å². The van der Waals surface area contributed by atoms with E-state index in [1.807, 2.05) is 6.08 Å². The second kappa shape index (κ2) is 6.43. The van der Waals surface area contributed by atoms with Crippen LogP contribution < -0.4 is 5.32 Å². The maximum Gasteiger partial charge on any atom is 0.161 e. The fourth-order valence-corrected chi connectivity index (χ4v) is 1.25. The zero-order valence-corrected chi connectivity index (χ0v) is 9.94. The van der Waals surface area contributed by atoms with Crippen molar-refractivity contribution in [2.24, 2.45) is 0 Å². The number of nitrogens with zero attached hydrogens (tertiary/aromatic N) is 1. The quantitative estimate of drug-likeness (QED) is 0.601. The lowest BCUT2D eigenvalue weighted by atomic mass is 10.2. The maximum atomic E-state index is 11.1. The summed E-state index contributed by atoms with van der Waals surface area (Å²) in [4.78, 5) is 15.2. The molecule has 0 saturated heterocycles. The lowest BCUT2D eigenvalue weighted by Gasteiger charge is -2.06. The highest BCUT2D eigenvalue weighted by Gasteiger charge is 1.99. The summed E-state index contributed by atoms with van der Waals surface area (Å²) in [5.41, 5.74) is 1.64. The Balaban J connectivity index is 2.64. The Kier molecular flexibility index (Phi) is 4.88. The number of pyridine rings is 1. The standard InChI is InChI=1S/C14H16N2O/c1-4-6-12(5-2)9-15-14-8-7-13(10-16-14)11(3)17/h4-8,10H,1-2,9H2,3H3,(H,15,16)/b12-6+. The van der Waals surface area contributed by atoms with Crippen molar-refractivity contribution < 1.29 is 4.79 Å². The largest absolute Gasteiger partial charge is 0.366 e. The van der Waals surface area contributed by atoms with E-state index in [1.165, 1.54) is 6.92 Å². The Morgan fingerprint density at radius 2 is 2.24 bits per heavy atom. The number of hydrogen-bond donors (Lipinski definition) is 1. The third-order valence-electron chi connectivity index (χ3n) is 2.24. The predicted molar refractivity (Wildman–Crippen MR) is 71.2 cm³/mol. The number of nitrogens with one attached hydrogen (secondary N) is 1. The molecule has 17 heavy (non-hydrogen) atoms. The molecule has 0 unspecified atom stereocenters. The number of hydrogen-bond acceptors (Lipinski definition) is 3. The van der Waals surface area contributed by atoms with Crippen molar-refractivity contribution in [1.29, 1.82) is 0 Å². The van der Waals surface area contributed by atoms with Crippen LogP contribution in [0.3, 0.4) is 0 Å². The minimum Gasteiger partial charge on any atom is -0.366 e. The van der Waals surface area contributed by atoms with E-state index < -0.39 is 0 Å². The molecule has 88 valence electrons. The first-order valence-electron chi connectivity index (χ1n) is 5.32. The van der Waals surface area contributed by atoms with Gasteiger partial charge in [0.2, 0.25) is 0 Å². The molecule has 0 aliphatic carbocycles. The van der Waals surface area contributed by atoms with Crippen LogP contribution in [-0.2, 0) is 0 Å². The summed E-state index contributed by atoms with van der Waals surface area (Å²) in [7, 11) is 0. The van der Waals surface area contributed by atoms with E-state index in [0.29, 0.717) is 12.1 Å². The molecule has 1 aromatic heterocycles. The number of anilines is 1. The smallest absolute Gasteiger partial charge is 0.161 e. The monoisotopic (exact) mass is 228 g/mol. The summed E-state index contributed by atoms with van der Waals surface area (Å²) in [5.74, 6) is 0.745. The van der Waals surface area contributed by atoms with Crippen LogP contribution in [0.4, 0.5) is 5.82 Å². The molecule has 0 saturated carbocycles. The van der Waals surface area contributed by atoms with E-state index in [9.17, 15) is 4.79 Å². The van der Waals surface area contributed by atoms with Gasteiger partial charge in [-0.05, 0) is 24.6 Å². The molecule has 0 aliphatic heterocycles. The van der Waals surface area contributed by atoms with Crippen molar-refractivity contribution >= 4 is 11.6 Å². The van der Waals surface area contributed by atoms with E-state index in [1.54, 1.807) is 30.5 Å². The SMILES string of the molecule is C=C/C=C(\C=C)CNc1ccc(C(C)=O)cn1. The first kappa shape index (κ1) is 12.9. The van der Waals surface area contributed by atoms with Crippen LogP contribution in [0.5, 0.6) is 0 Å². The molecule has 1 aromatic rings. The average molecular weight is 228 g/mol. The van der Waals surface area contributed by atoms with Gasteiger partial charge in [0.25, 0.3) is 0 Å². The third kappa shape index (κ3) is 4.07. The fraction of sp³-hybridized carbons (Fsp3) is 0.143. The summed E-state index contributed by atoms with van der Waals surface area (Å²) < 4.78 is 0. The molecule has 3 heteroatoms. The summed E-state index contributed by atoms with van der Waals surface area (Å²) in [6, 6.07) is 3.54. The van der Waals surface area contributed by atoms with Gasteiger partial charge in [0.05, 0.1) is 0 Å². The summed E-state index contributed by atoms with van der Waals surface area (Å²) in [5, 5.41) is 3.14. The first-order valence-corrected chi connectivity index (χ1v) is 5.32. The molecular formula is C14H16N2O. The Morgan fingerprint density at radius 1 is 1.47 bits per heavy atom. The number of allylic oxidation sites excluding steroid dienone is 2. The fourth-order valence-electron chi connectivity index (χ4n) is 1.25. The zero-order chi connectivity index (χ0) is 12.7. The highest BCUT2D eigenvalue weighted by molar-refractivity contribution is 5.93. The number of aromatic nitrogens is 1. The number of carbonyl (C=O) groups is 1. The van der Waals surface area contributed by atoms with E-state index >= 15 is 0 Å². The molecule has 0 radical (unpaired) electrons.